The quantitative estimate of drug-likeness (QED) is 0.828. The van der Waals surface area contributed by atoms with Gasteiger partial charge in [0.25, 0.3) is 5.91 Å². The number of carbonyl (C=O) groups excluding carboxylic acids is 1. The van der Waals surface area contributed by atoms with E-state index in [1.54, 1.807) is 13.2 Å². The van der Waals surface area contributed by atoms with Gasteiger partial charge in [0, 0.05) is 24.8 Å². The molecular weight excluding hydrogens is 266 g/mol. The monoisotopic (exact) mass is 287 g/mol. The smallest absolute Gasteiger partial charge is 0.251 e. The van der Waals surface area contributed by atoms with E-state index in [4.69, 9.17) is 9.84 Å². The van der Waals surface area contributed by atoms with Gasteiger partial charge in [-0.05, 0) is 43.9 Å². The number of aliphatic hydroxyl groups excluding tert-OH is 1. The Hall–Kier alpha value is -1.83. The normalized spacial score (nSPS) is 15.6. The van der Waals surface area contributed by atoms with Crippen LogP contribution in [-0.4, -0.2) is 36.9 Å². The molecule has 0 aliphatic heterocycles. The maximum atomic E-state index is 12.3. The second-order valence-corrected chi connectivity index (χ2v) is 5.41. The molecule has 21 heavy (non-hydrogen) atoms. The zero-order chi connectivity index (χ0) is 15.3. The molecule has 1 aliphatic rings. The van der Waals surface area contributed by atoms with Gasteiger partial charge in [0.1, 0.15) is 6.61 Å². The molecule has 1 saturated carbocycles. The molecule has 4 nitrogen and oxygen atoms in total. The lowest BCUT2D eigenvalue weighted by molar-refractivity contribution is -0.0679. The van der Waals surface area contributed by atoms with Crippen molar-refractivity contribution in [2.24, 2.45) is 0 Å². The Morgan fingerprint density at radius 3 is 2.81 bits per heavy atom. The predicted molar refractivity (Wildman–Crippen MR) is 81.1 cm³/mol. The minimum absolute atomic E-state index is 0.108. The summed E-state index contributed by atoms with van der Waals surface area (Å²) >= 11 is 0. The molecule has 1 aliphatic carbocycles. The number of ether oxygens (including phenoxy) is 1. The van der Waals surface area contributed by atoms with Crippen molar-refractivity contribution in [2.45, 2.75) is 31.8 Å². The highest BCUT2D eigenvalue weighted by atomic mass is 16.5. The standard InChI is InChI=1S/C17H21NO3/c1-13-6-7-14(5-3-10-19)11-15(13)16(20)18-12-17(21-2)8-4-9-17/h6-7,11,19H,4,8-10,12H2,1-2H3,(H,18,20). The van der Waals surface area contributed by atoms with Gasteiger partial charge in [0.15, 0.2) is 0 Å². The highest BCUT2D eigenvalue weighted by molar-refractivity contribution is 5.96. The van der Waals surface area contributed by atoms with Crippen LogP contribution in [0.25, 0.3) is 0 Å². The van der Waals surface area contributed by atoms with Gasteiger partial charge >= 0.3 is 0 Å². The van der Waals surface area contributed by atoms with Gasteiger partial charge in [-0.3, -0.25) is 4.79 Å². The van der Waals surface area contributed by atoms with E-state index >= 15 is 0 Å². The van der Waals surface area contributed by atoms with Crippen molar-refractivity contribution < 1.29 is 14.6 Å². The number of benzene rings is 1. The SMILES string of the molecule is COC1(CNC(=O)c2cc(C#CCO)ccc2C)CCC1. The Kier molecular flexibility index (Phi) is 5.00. The van der Waals surface area contributed by atoms with E-state index in [2.05, 4.69) is 17.2 Å². The minimum atomic E-state index is -0.189. The van der Waals surface area contributed by atoms with Crippen LogP contribution in [0.5, 0.6) is 0 Å². The van der Waals surface area contributed by atoms with E-state index in [0.29, 0.717) is 12.1 Å². The second-order valence-electron chi connectivity index (χ2n) is 5.41. The number of hydrogen-bond acceptors (Lipinski definition) is 3. The topological polar surface area (TPSA) is 58.6 Å². The van der Waals surface area contributed by atoms with Crippen LogP contribution in [0.1, 0.15) is 40.7 Å². The van der Waals surface area contributed by atoms with Crippen LogP contribution in [0, 0.1) is 18.8 Å². The third-order valence-electron chi connectivity index (χ3n) is 4.06. The van der Waals surface area contributed by atoms with Crippen molar-refractivity contribution in [3.8, 4) is 11.8 Å². The van der Waals surface area contributed by atoms with Gasteiger partial charge in [-0.25, -0.2) is 0 Å². The van der Waals surface area contributed by atoms with E-state index in [-0.39, 0.29) is 18.1 Å². The molecule has 112 valence electrons. The van der Waals surface area contributed by atoms with Crippen molar-refractivity contribution in [2.75, 3.05) is 20.3 Å². The number of rotatable bonds is 4. The second kappa shape index (κ2) is 6.75. The molecule has 1 amide bonds. The first-order valence-electron chi connectivity index (χ1n) is 7.14. The average Bonchev–Trinajstić information content (AvgIpc) is 2.45. The Morgan fingerprint density at radius 2 is 2.24 bits per heavy atom. The van der Waals surface area contributed by atoms with Crippen molar-refractivity contribution in [1.29, 1.82) is 0 Å². The highest BCUT2D eigenvalue weighted by Crippen LogP contribution is 2.34. The fourth-order valence-corrected chi connectivity index (χ4v) is 2.45. The average molecular weight is 287 g/mol. The summed E-state index contributed by atoms with van der Waals surface area (Å²) in [6, 6.07) is 5.47. The van der Waals surface area contributed by atoms with Crippen molar-refractivity contribution in [1.82, 2.24) is 5.32 Å². The lowest BCUT2D eigenvalue weighted by Gasteiger charge is -2.40. The van der Waals surface area contributed by atoms with Gasteiger partial charge in [0.2, 0.25) is 0 Å². The van der Waals surface area contributed by atoms with Crippen molar-refractivity contribution in [3.05, 3.63) is 34.9 Å². The Balaban J connectivity index is 2.07. The van der Waals surface area contributed by atoms with Crippen LogP contribution in [0.3, 0.4) is 0 Å². The van der Waals surface area contributed by atoms with E-state index in [1.165, 1.54) is 0 Å². The molecule has 1 aromatic carbocycles. The molecule has 4 heteroatoms. The zero-order valence-electron chi connectivity index (χ0n) is 12.5. The summed E-state index contributed by atoms with van der Waals surface area (Å²) in [6.45, 7) is 2.24. The third kappa shape index (κ3) is 3.63. The van der Waals surface area contributed by atoms with Crippen LogP contribution in [-0.2, 0) is 4.74 Å². The van der Waals surface area contributed by atoms with Crippen LogP contribution < -0.4 is 5.32 Å². The molecule has 0 aromatic heterocycles. The lowest BCUT2D eigenvalue weighted by Crippen LogP contribution is -2.49. The first kappa shape index (κ1) is 15.6. The molecule has 0 saturated heterocycles. The number of aliphatic hydroxyl groups is 1. The molecule has 0 radical (unpaired) electrons. The molecule has 0 bridgehead atoms. The van der Waals surface area contributed by atoms with Crippen LogP contribution in [0.15, 0.2) is 18.2 Å². The van der Waals surface area contributed by atoms with Gasteiger partial charge in [-0.1, -0.05) is 17.9 Å². The minimum Gasteiger partial charge on any atom is -0.384 e. The van der Waals surface area contributed by atoms with Crippen LogP contribution in [0.2, 0.25) is 0 Å². The van der Waals surface area contributed by atoms with E-state index in [9.17, 15) is 4.79 Å². The number of amides is 1. The summed E-state index contributed by atoms with van der Waals surface area (Å²) in [7, 11) is 1.70. The number of methoxy groups -OCH3 is 1. The molecule has 0 heterocycles. The van der Waals surface area contributed by atoms with Gasteiger partial charge in [0.05, 0.1) is 5.60 Å². The first-order chi connectivity index (χ1) is 10.1. The third-order valence-corrected chi connectivity index (χ3v) is 4.06. The van der Waals surface area contributed by atoms with Gasteiger partial charge < -0.3 is 15.2 Å². The zero-order valence-corrected chi connectivity index (χ0v) is 12.5. The molecule has 2 rings (SSSR count). The maximum absolute atomic E-state index is 12.3. The Bertz CT molecular complexity index is 574. The van der Waals surface area contributed by atoms with E-state index in [1.807, 2.05) is 19.1 Å². The fourth-order valence-electron chi connectivity index (χ4n) is 2.45. The molecule has 1 aromatic rings. The Morgan fingerprint density at radius 1 is 1.48 bits per heavy atom. The molecule has 1 fully saturated rings. The van der Waals surface area contributed by atoms with Crippen LogP contribution in [0.4, 0.5) is 0 Å². The van der Waals surface area contributed by atoms with E-state index < -0.39 is 0 Å². The largest absolute Gasteiger partial charge is 0.384 e. The number of aryl methyl sites for hydroxylation is 1. The number of hydrogen-bond donors (Lipinski definition) is 2. The summed E-state index contributed by atoms with van der Waals surface area (Å²) in [5, 5.41) is 11.7. The van der Waals surface area contributed by atoms with Gasteiger partial charge in [-0.2, -0.15) is 0 Å². The summed E-state index contributed by atoms with van der Waals surface area (Å²) in [4.78, 5) is 12.3. The van der Waals surface area contributed by atoms with E-state index in [0.717, 1.165) is 30.4 Å². The molecule has 0 atom stereocenters. The maximum Gasteiger partial charge on any atom is 0.251 e. The first-order valence-corrected chi connectivity index (χ1v) is 7.14. The fraction of sp³-hybridized carbons (Fsp3) is 0.471. The summed E-state index contributed by atoms with van der Waals surface area (Å²) in [6.07, 6.45) is 3.13. The summed E-state index contributed by atoms with van der Waals surface area (Å²) in [5.74, 6) is 5.30. The predicted octanol–water partition coefficient (Wildman–Crippen LogP) is 1.64. The highest BCUT2D eigenvalue weighted by Gasteiger charge is 2.37. The number of nitrogens with one attached hydrogen (secondary N) is 1. The number of carbonyl (C=O) groups is 1. The van der Waals surface area contributed by atoms with Crippen molar-refractivity contribution >= 4 is 5.91 Å². The van der Waals surface area contributed by atoms with Crippen molar-refractivity contribution in [3.63, 3.8) is 0 Å². The molecule has 2 N–H and O–H groups in total. The molecule has 0 spiro atoms. The lowest BCUT2D eigenvalue weighted by atomic mass is 9.80. The Labute approximate surface area is 125 Å². The summed E-state index contributed by atoms with van der Waals surface area (Å²) in [5.41, 5.74) is 2.06. The molecule has 0 unspecified atom stereocenters. The van der Waals surface area contributed by atoms with Gasteiger partial charge in [-0.15, -0.1) is 0 Å². The molecular formula is C17H21NO3. The summed E-state index contributed by atoms with van der Waals surface area (Å²) < 4.78 is 5.50. The van der Waals surface area contributed by atoms with Crippen LogP contribution >= 0.6 is 0 Å².